The van der Waals surface area contributed by atoms with E-state index in [0.29, 0.717) is 0 Å². The fourth-order valence-corrected chi connectivity index (χ4v) is 2.63. The van der Waals surface area contributed by atoms with Gasteiger partial charge in [-0.15, -0.1) is 0 Å². The molecule has 0 saturated heterocycles. The van der Waals surface area contributed by atoms with E-state index >= 15 is 0 Å². The van der Waals surface area contributed by atoms with Crippen LogP contribution in [0.1, 0.15) is 25.1 Å². The smallest absolute Gasteiger partial charge is 0.0952 e. The molecule has 4 nitrogen and oxygen atoms in total. The van der Waals surface area contributed by atoms with Crippen molar-refractivity contribution in [3.63, 3.8) is 0 Å². The van der Waals surface area contributed by atoms with Gasteiger partial charge in [0.1, 0.15) is 0 Å². The first-order valence-corrected chi connectivity index (χ1v) is 7.53. The first-order chi connectivity index (χ1) is 10.8. The Kier molecular flexibility index (Phi) is 4.19. The topological polar surface area (TPSA) is 42.7 Å². The molecule has 1 N–H and O–H groups in total. The highest BCUT2D eigenvalue weighted by Gasteiger charge is 2.12. The minimum absolute atomic E-state index is 0.239. The molecule has 3 aromatic rings. The molecule has 22 heavy (non-hydrogen) atoms. The van der Waals surface area contributed by atoms with Gasteiger partial charge in [0, 0.05) is 36.9 Å². The predicted octanol–water partition coefficient (Wildman–Crippen LogP) is 3.99. The van der Waals surface area contributed by atoms with Gasteiger partial charge in [-0.1, -0.05) is 25.1 Å². The summed E-state index contributed by atoms with van der Waals surface area (Å²) in [7, 11) is 1.92. The zero-order valence-electron chi connectivity index (χ0n) is 12.9. The maximum atomic E-state index is 4.66. The number of anilines is 1. The number of hydrogen-bond donors (Lipinski definition) is 1. The second-order valence-corrected chi connectivity index (χ2v) is 5.23. The van der Waals surface area contributed by atoms with E-state index in [0.717, 1.165) is 23.4 Å². The highest BCUT2D eigenvalue weighted by molar-refractivity contribution is 5.65. The molecule has 0 bridgehead atoms. The van der Waals surface area contributed by atoms with Crippen LogP contribution < -0.4 is 5.32 Å². The molecule has 0 spiro atoms. The molecule has 4 heteroatoms. The number of imidazole rings is 1. The van der Waals surface area contributed by atoms with Crippen molar-refractivity contribution >= 4 is 5.69 Å². The number of benzene rings is 1. The van der Waals surface area contributed by atoms with Crippen molar-refractivity contribution < 1.29 is 0 Å². The molecular formula is C18H20N4. The Balaban J connectivity index is 1.85. The third-order valence-corrected chi connectivity index (χ3v) is 3.91. The van der Waals surface area contributed by atoms with Crippen molar-refractivity contribution in [2.24, 2.45) is 0 Å². The van der Waals surface area contributed by atoms with Crippen LogP contribution in [-0.4, -0.2) is 21.6 Å². The lowest BCUT2D eigenvalue weighted by Gasteiger charge is -2.16. The third-order valence-electron chi connectivity index (χ3n) is 3.91. The number of aromatic nitrogens is 3. The Morgan fingerprint density at radius 2 is 1.86 bits per heavy atom. The van der Waals surface area contributed by atoms with E-state index in [-0.39, 0.29) is 6.04 Å². The molecule has 1 atom stereocenters. The summed E-state index contributed by atoms with van der Waals surface area (Å²) in [6.45, 7) is 2.16. The molecule has 0 aliphatic heterocycles. The van der Waals surface area contributed by atoms with Crippen molar-refractivity contribution in [2.45, 2.75) is 19.4 Å². The van der Waals surface area contributed by atoms with Crippen molar-refractivity contribution in [3.8, 4) is 11.1 Å². The quantitative estimate of drug-likeness (QED) is 0.773. The fraction of sp³-hybridized carbons (Fsp3) is 0.222. The maximum Gasteiger partial charge on any atom is 0.0952 e. The van der Waals surface area contributed by atoms with Crippen LogP contribution in [0.25, 0.3) is 11.1 Å². The highest BCUT2D eigenvalue weighted by Crippen LogP contribution is 2.24. The van der Waals surface area contributed by atoms with Crippen LogP contribution in [-0.2, 0) is 0 Å². The van der Waals surface area contributed by atoms with Crippen LogP contribution in [0.5, 0.6) is 0 Å². The SMILES string of the molecule is CCC(c1ccc(-c2ccc(NC)cc2)cn1)n1ccnc1. The second kappa shape index (κ2) is 6.43. The lowest BCUT2D eigenvalue weighted by Crippen LogP contribution is -2.09. The zero-order chi connectivity index (χ0) is 15.4. The van der Waals surface area contributed by atoms with E-state index < -0.39 is 0 Å². The normalized spacial score (nSPS) is 12.1. The van der Waals surface area contributed by atoms with Crippen LogP contribution in [0.4, 0.5) is 5.69 Å². The molecule has 0 amide bonds. The Morgan fingerprint density at radius 3 is 2.41 bits per heavy atom. The molecule has 1 unspecified atom stereocenters. The maximum absolute atomic E-state index is 4.66. The standard InChI is InChI=1S/C18H20N4/c1-3-18(22-11-10-20-13-22)17-9-6-15(12-21-17)14-4-7-16(19-2)8-5-14/h4-13,18-19H,3H2,1-2H3. The lowest BCUT2D eigenvalue weighted by molar-refractivity contribution is 0.551. The summed E-state index contributed by atoms with van der Waals surface area (Å²) in [6, 6.07) is 12.8. The van der Waals surface area contributed by atoms with Gasteiger partial charge in [0.2, 0.25) is 0 Å². The summed E-state index contributed by atoms with van der Waals surface area (Å²) < 4.78 is 2.10. The molecule has 2 aromatic heterocycles. The van der Waals surface area contributed by atoms with E-state index in [9.17, 15) is 0 Å². The molecule has 1 aromatic carbocycles. The van der Waals surface area contributed by atoms with Gasteiger partial charge in [-0.2, -0.15) is 0 Å². The molecule has 0 saturated carbocycles. The predicted molar refractivity (Wildman–Crippen MR) is 89.9 cm³/mol. The Hall–Kier alpha value is -2.62. The first kappa shape index (κ1) is 14.3. The lowest BCUT2D eigenvalue weighted by atomic mass is 10.0. The van der Waals surface area contributed by atoms with E-state index in [4.69, 9.17) is 0 Å². The largest absolute Gasteiger partial charge is 0.388 e. The molecular weight excluding hydrogens is 272 g/mol. The van der Waals surface area contributed by atoms with Gasteiger partial charge in [0.05, 0.1) is 18.1 Å². The number of pyridine rings is 1. The monoisotopic (exact) mass is 292 g/mol. The number of hydrogen-bond acceptors (Lipinski definition) is 3. The van der Waals surface area contributed by atoms with Gasteiger partial charge >= 0.3 is 0 Å². The highest BCUT2D eigenvalue weighted by atomic mass is 15.1. The minimum atomic E-state index is 0.239. The van der Waals surface area contributed by atoms with Gasteiger partial charge in [0.15, 0.2) is 0 Å². The minimum Gasteiger partial charge on any atom is -0.388 e. The summed E-state index contributed by atoms with van der Waals surface area (Å²) in [5.74, 6) is 0. The van der Waals surface area contributed by atoms with Crippen molar-refractivity contribution in [2.75, 3.05) is 12.4 Å². The average Bonchev–Trinajstić information content (AvgIpc) is 3.11. The summed E-state index contributed by atoms with van der Waals surface area (Å²) >= 11 is 0. The Bertz CT molecular complexity index is 700. The van der Waals surface area contributed by atoms with Crippen LogP contribution in [0.15, 0.2) is 61.3 Å². The van der Waals surface area contributed by atoms with Gasteiger partial charge in [-0.05, 0) is 30.2 Å². The molecule has 0 fully saturated rings. The molecule has 3 rings (SSSR count). The summed E-state index contributed by atoms with van der Waals surface area (Å²) in [6.07, 6.45) is 8.57. The number of rotatable bonds is 5. The van der Waals surface area contributed by atoms with Crippen molar-refractivity contribution in [3.05, 3.63) is 67.0 Å². The molecule has 0 aliphatic carbocycles. The number of nitrogens with one attached hydrogen (secondary N) is 1. The molecule has 112 valence electrons. The van der Waals surface area contributed by atoms with Gasteiger partial charge < -0.3 is 9.88 Å². The zero-order valence-corrected chi connectivity index (χ0v) is 12.9. The molecule has 2 heterocycles. The second-order valence-electron chi connectivity index (χ2n) is 5.23. The molecule has 0 aliphatic rings. The van der Waals surface area contributed by atoms with Crippen molar-refractivity contribution in [1.29, 1.82) is 0 Å². The van der Waals surface area contributed by atoms with E-state index in [1.54, 1.807) is 6.20 Å². The van der Waals surface area contributed by atoms with Crippen LogP contribution in [0.2, 0.25) is 0 Å². The first-order valence-electron chi connectivity index (χ1n) is 7.53. The number of nitrogens with zero attached hydrogens (tertiary/aromatic N) is 3. The average molecular weight is 292 g/mol. The van der Waals surface area contributed by atoms with Crippen LogP contribution in [0, 0.1) is 0 Å². The van der Waals surface area contributed by atoms with Gasteiger partial charge in [-0.25, -0.2) is 4.98 Å². The molecule has 0 radical (unpaired) electrons. The van der Waals surface area contributed by atoms with Crippen molar-refractivity contribution in [1.82, 2.24) is 14.5 Å². The summed E-state index contributed by atoms with van der Waals surface area (Å²) in [5, 5.41) is 3.13. The summed E-state index contributed by atoms with van der Waals surface area (Å²) in [5.41, 5.74) is 4.48. The van der Waals surface area contributed by atoms with Gasteiger partial charge in [-0.3, -0.25) is 4.98 Å². The fourth-order valence-electron chi connectivity index (χ4n) is 2.63. The van der Waals surface area contributed by atoms with Crippen LogP contribution in [0.3, 0.4) is 0 Å². The Morgan fingerprint density at radius 1 is 1.09 bits per heavy atom. The van der Waals surface area contributed by atoms with E-state index in [1.807, 2.05) is 25.8 Å². The van der Waals surface area contributed by atoms with Gasteiger partial charge in [0.25, 0.3) is 0 Å². The Labute approximate surface area is 130 Å². The van der Waals surface area contributed by atoms with E-state index in [2.05, 4.69) is 63.2 Å². The van der Waals surface area contributed by atoms with Crippen LogP contribution >= 0.6 is 0 Å². The summed E-state index contributed by atoms with van der Waals surface area (Å²) in [4.78, 5) is 8.79. The van der Waals surface area contributed by atoms with E-state index in [1.165, 1.54) is 5.56 Å². The third kappa shape index (κ3) is 2.86.